The molecule has 2 aliphatic heterocycles. The molecule has 0 aromatic carbocycles. The minimum atomic E-state index is 0.203. The van der Waals surface area contributed by atoms with Crippen molar-refractivity contribution in [2.45, 2.75) is 77.2 Å². The maximum absolute atomic E-state index is 12.6. The van der Waals surface area contributed by atoms with Crippen molar-refractivity contribution in [2.24, 2.45) is 11.8 Å². The lowest BCUT2D eigenvalue weighted by Crippen LogP contribution is -2.46. The summed E-state index contributed by atoms with van der Waals surface area (Å²) in [7, 11) is 0. The van der Waals surface area contributed by atoms with E-state index in [0.29, 0.717) is 6.04 Å². The summed E-state index contributed by atoms with van der Waals surface area (Å²) in [6.45, 7) is 8.10. The van der Waals surface area contributed by atoms with Gasteiger partial charge in [-0.3, -0.25) is 0 Å². The number of nitrogens with one attached hydrogen (secondary N) is 1. The highest BCUT2D eigenvalue weighted by Crippen LogP contribution is 2.23. The van der Waals surface area contributed by atoms with Gasteiger partial charge in [-0.15, -0.1) is 0 Å². The fraction of sp³-hybridized carbons (Fsp3) is 0.950. The molecule has 3 rings (SSSR count). The second-order valence-electron chi connectivity index (χ2n) is 8.55. The van der Waals surface area contributed by atoms with Gasteiger partial charge in [-0.2, -0.15) is 0 Å². The number of carbonyl (C=O) groups is 1. The number of hydrogen-bond donors (Lipinski definition) is 1. The van der Waals surface area contributed by atoms with Crippen LogP contribution in [0.25, 0.3) is 0 Å². The molecule has 2 amide bonds. The average molecular weight is 336 g/mol. The molecule has 3 aliphatic rings. The lowest BCUT2D eigenvalue weighted by atomic mass is 9.95. The van der Waals surface area contributed by atoms with Crippen LogP contribution >= 0.6 is 0 Å². The number of amides is 2. The molecule has 0 bridgehead atoms. The predicted octanol–water partition coefficient (Wildman–Crippen LogP) is 3.86. The Morgan fingerprint density at radius 3 is 2.38 bits per heavy atom. The van der Waals surface area contributed by atoms with E-state index in [1.54, 1.807) is 0 Å². The van der Waals surface area contributed by atoms with Gasteiger partial charge >= 0.3 is 6.03 Å². The van der Waals surface area contributed by atoms with Crippen molar-refractivity contribution in [1.82, 2.24) is 15.1 Å². The minimum Gasteiger partial charge on any atom is -0.335 e. The summed E-state index contributed by atoms with van der Waals surface area (Å²) in [6.07, 6.45) is 12.6. The topological polar surface area (TPSA) is 35.6 Å². The van der Waals surface area contributed by atoms with Crippen molar-refractivity contribution in [3.8, 4) is 0 Å². The molecule has 0 aromatic heterocycles. The molecule has 4 heteroatoms. The van der Waals surface area contributed by atoms with E-state index < -0.39 is 0 Å². The van der Waals surface area contributed by atoms with Gasteiger partial charge in [0, 0.05) is 25.7 Å². The highest BCUT2D eigenvalue weighted by atomic mass is 16.2. The van der Waals surface area contributed by atoms with Crippen LogP contribution in [0.15, 0.2) is 0 Å². The zero-order chi connectivity index (χ0) is 16.8. The number of likely N-dealkylation sites (tertiary alicyclic amines) is 2. The summed E-state index contributed by atoms with van der Waals surface area (Å²) in [6, 6.07) is 0.634. The van der Waals surface area contributed by atoms with Crippen molar-refractivity contribution >= 4 is 6.03 Å². The smallest absolute Gasteiger partial charge is 0.317 e. The minimum absolute atomic E-state index is 0.203. The Kier molecular flexibility index (Phi) is 6.82. The number of urea groups is 1. The van der Waals surface area contributed by atoms with Crippen LogP contribution in [0, 0.1) is 11.8 Å². The third-order valence-corrected chi connectivity index (χ3v) is 6.46. The van der Waals surface area contributed by atoms with Crippen molar-refractivity contribution in [3.63, 3.8) is 0 Å². The number of carbonyl (C=O) groups excluding carboxylic acids is 1. The molecule has 1 N–H and O–H groups in total. The fourth-order valence-corrected chi connectivity index (χ4v) is 4.67. The maximum Gasteiger partial charge on any atom is 0.317 e. The largest absolute Gasteiger partial charge is 0.335 e. The quantitative estimate of drug-likeness (QED) is 0.850. The predicted molar refractivity (Wildman–Crippen MR) is 99.2 cm³/mol. The molecule has 0 radical (unpaired) electrons. The first-order valence-electron chi connectivity index (χ1n) is 10.5. The molecule has 1 unspecified atom stereocenters. The van der Waals surface area contributed by atoms with Gasteiger partial charge in [0.1, 0.15) is 0 Å². The van der Waals surface area contributed by atoms with Crippen LogP contribution in [-0.2, 0) is 0 Å². The van der Waals surface area contributed by atoms with E-state index in [9.17, 15) is 4.79 Å². The Morgan fingerprint density at radius 1 is 0.875 bits per heavy atom. The third kappa shape index (κ3) is 5.37. The van der Waals surface area contributed by atoms with Gasteiger partial charge < -0.3 is 15.1 Å². The SMILES string of the molecule is CC1CCN(CC2CCCN(C(=O)NC3CCCCC3)CC2)CC1. The summed E-state index contributed by atoms with van der Waals surface area (Å²) in [5.41, 5.74) is 0. The van der Waals surface area contributed by atoms with Gasteiger partial charge in [0.2, 0.25) is 0 Å². The van der Waals surface area contributed by atoms with Gasteiger partial charge in [-0.05, 0) is 69.9 Å². The normalized spacial score (nSPS) is 28.5. The van der Waals surface area contributed by atoms with Crippen LogP contribution in [0.2, 0.25) is 0 Å². The maximum atomic E-state index is 12.6. The Morgan fingerprint density at radius 2 is 1.62 bits per heavy atom. The summed E-state index contributed by atoms with van der Waals surface area (Å²) in [4.78, 5) is 17.3. The highest BCUT2D eigenvalue weighted by Gasteiger charge is 2.25. The summed E-state index contributed by atoms with van der Waals surface area (Å²) in [5.74, 6) is 1.69. The van der Waals surface area contributed by atoms with Crippen LogP contribution in [0.3, 0.4) is 0 Å². The molecule has 2 heterocycles. The van der Waals surface area contributed by atoms with E-state index in [1.807, 2.05) is 0 Å². The number of piperidine rings is 1. The average Bonchev–Trinajstić information content (AvgIpc) is 2.83. The Labute approximate surface area is 148 Å². The lowest BCUT2D eigenvalue weighted by molar-refractivity contribution is 0.159. The van der Waals surface area contributed by atoms with Gasteiger partial charge in [-0.25, -0.2) is 4.79 Å². The van der Waals surface area contributed by atoms with Crippen molar-refractivity contribution in [3.05, 3.63) is 0 Å². The molecule has 0 spiro atoms. The van der Waals surface area contributed by atoms with Crippen LogP contribution in [0.4, 0.5) is 4.79 Å². The first kappa shape index (κ1) is 18.0. The Bertz CT molecular complexity index is 386. The van der Waals surface area contributed by atoms with Crippen LogP contribution in [-0.4, -0.2) is 54.6 Å². The lowest BCUT2D eigenvalue weighted by Gasteiger charge is -2.33. The molecule has 3 fully saturated rings. The highest BCUT2D eigenvalue weighted by molar-refractivity contribution is 5.74. The summed E-state index contributed by atoms with van der Waals surface area (Å²) < 4.78 is 0. The zero-order valence-corrected chi connectivity index (χ0v) is 15.6. The number of nitrogens with zero attached hydrogens (tertiary/aromatic N) is 2. The van der Waals surface area contributed by atoms with E-state index in [-0.39, 0.29) is 6.03 Å². The number of hydrogen-bond acceptors (Lipinski definition) is 2. The molecular weight excluding hydrogens is 298 g/mol. The summed E-state index contributed by atoms with van der Waals surface area (Å²) in [5, 5.41) is 3.29. The number of rotatable bonds is 3. The van der Waals surface area contributed by atoms with E-state index in [4.69, 9.17) is 0 Å². The molecule has 1 atom stereocenters. The Balaban J connectivity index is 1.40. The zero-order valence-electron chi connectivity index (χ0n) is 15.6. The van der Waals surface area contributed by atoms with Crippen molar-refractivity contribution < 1.29 is 4.79 Å². The first-order valence-corrected chi connectivity index (χ1v) is 10.5. The van der Waals surface area contributed by atoms with Gasteiger partial charge in [-0.1, -0.05) is 26.2 Å². The van der Waals surface area contributed by atoms with Gasteiger partial charge in [0.15, 0.2) is 0 Å². The molecule has 138 valence electrons. The standard InChI is InChI=1S/C20H37N3O/c1-17-9-13-22(14-10-17)16-18-6-5-12-23(15-11-18)20(24)21-19-7-3-2-4-8-19/h17-19H,2-16H2,1H3,(H,21,24). The van der Waals surface area contributed by atoms with Crippen LogP contribution < -0.4 is 5.32 Å². The molecule has 0 aromatic rings. The summed E-state index contributed by atoms with van der Waals surface area (Å²) >= 11 is 0. The molecule has 1 saturated carbocycles. The molecule has 24 heavy (non-hydrogen) atoms. The van der Waals surface area contributed by atoms with Gasteiger partial charge in [0.25, 0.3) is 0 Å². The second-order valence-corrected chi connectivity index (χ2v) is 8.55. The van der Waals surface area contributed by atoms with Crippen LogP contribution in [0.1, 0.15) is 71.1 Å². The van der Waals surface area contributed by atoms with E-state index in [2.05, 4.69) is 22.0 Å². The molecule has 2 saturated heterocycles. The van der Waals surface area contributed by atoms with Crippen molar-refractivity contribution in [1.29, 1.82) is 0 Å². The van der Waals surface area contributed by atoms with E-state index in [0.717, 1.165) is 24.9 Å². The Hall–Kier alpha value is -0.770. The monoisotopic (exact) mass is 335 g/mol. The molecular formula is C20H37N3O. The fourth-order valence-electron chi connectivity index (χ4n) is 4.67. The third-order valence-electron chi connectivity index (χ3n) is 6.46. The van der Waals surface area contributed by atoms with Crippen LogP contribution in [0.5, 0.6) is 0 Å². The van der Waals surface area contributed by atoms with Gasteiger partial charge in [0.05, 0.1) is 0 Å². The van der Waals surface area contributed by atoms with E-state index in [1.165, 1.54) is 83.8 Å². The molecule has 4 nitrogen and oxygen atoms in total. The van der Waals surface area contributed by atoms with Crippen molar-refractivity contribution in [2.75, 3.05) is 32.7 Å². The van der Waals surface area contributed by atoms with E-state index >= 15 is 0 Å². The molecule has 1 aliphatic carbocycles. The second kappa shape index (κ2) is 9.07. The first-order chi connectivity index (χ1) is 11.7.